The first-order chi connectivity index (χ1) is 6.97. The Labute approximate surface area is 93.1 Å². The lowest BCUT2D eigenvalue weighted by atomic mass is 10.1. The average molecular weight is 216 g/mol. The van der Waals surface area contributed by atoms with Crippen molar-refractivity contribution in [3.8, 4) is 0 Å². The smallest absolute Gasteiger partial charge is 0.163 e. The average Bonchev–Trinajstić information content (AvgIpc) is 2.41. The zero-order valence-electron chi connectivity index (χ0n) is 10.5. The summed E-state index contributed by atoms with van der Waals surface area (Å²) in [6, 6.07) is 0. The van der Waals surface area contributed by atoms with Crippen molar-refractivity contribution in [2.75, 3.05) is 19.8 Å². The third kappa shape index (κ3) is 4.49. The van der Waals surface area contributed by atoms with Crippen molar-refractivity contribution in [1.82, 2.24) is 0 Å². The fraction of sp³-hybridized carbons (Fsp3) is 1.00. The molecule has 90 valence electrons. The minimum absolute atomic E-state index is 0.171. The van der Waals surface area contributed by atoms with E-state index in [2.05, 4.69) is 13.8 Å². The number of rotatable bonds is 6. The first-order valence-corrected chi connectivity index (χ1v) is 5.89. The highest BCUT2D eigenvalue weighted by atomic mass is 16.8. The predicted octanol–water partition coefficient (Wildman–Crippen LogP) is 2.73. The molecule has 0 aromatic carbocycles. The van der Waals surface area contributed by atoms with Crippen LogP contribution in [0.1, 0.15) is 47.0 Å². The molecule has 0 N–H and O–H groups in total. The number of hydrogen-bond donors (Lipinski definition) is 0. The first-order valence-electron chi connectivity index (χ1n) is 5.89. The van der Waals surface area contributed by atoms with E-state index in [1.54, 1.807) is 0 Å². The molecule has 0 spiro atoms. The zero-order chi connectivity index (χ0) is 11.4. The SMILES string of the molecule is CCCCOCC[C@@]1(C)COC(C)(C)O1. The minimum atomic E-state index is -0.432. The number of unbranched alkanes of at least 4 members (excludes halogenated alkanes) is 1. The second-order valence-electron chi connectivity index (χ2n) is 4.96. The quantitative estimate of drug-likeness (QED) is 0.639. The van der Waals surface area contributed by atoms with Gasteiger partial charge in [-0.3, -0.25) is 0 Å². The number of ether oxygens (including phenoxy) is 3. The lowest BCUT2D eigenvalue weighted by molar-refractivity contribution is -0.160. The van der Waals surface area contributed by atoms with Crippen LogP contribution in [-0.4, -0.2) is 31.2 Å². The van der Waals surface area contributed by atoms with Crippen molar-refractivity contribution < 1.29 is 14.2 Å². The van der Waals surface area contributed by atoms with E-state index in [1.807, 2.05) is 13.8 Å². The molecule has 0 saturated carbocycles. The van der Waals surface area contributed by atoms with E-state index in [4.69, 9.17) is 14.2 Å². The standard InChI is InChI=1S/C12H24O3/c1-5-6-8-13-9-7-12(4)10-14-11(2,3)15-12/h5-10H2,1-4H3/t12-/m0/s1. The number of hydrogen-bond acceptors (Lipinski definition) is 3. The van der Waals surface area contributed by atoms with Gasteiger partial charge >= 0.3 is 0 Å². The Balaban J connectivity index is 2.15. The second kappa shape index (κ2) is 5.28. The van der Waals surface area contributed by atoms with Gasteiger partial charge in [0.25, 0.3) is 0 Å². The first kappa shape index (κ1) is 12.9. The highest BCUT2D eigenvalue weighted by molar-refractivity contribution is 4.83. The van der Waals surface area contributed by atoms with E-state index >= 15 is 0 Å². The normalized spacial score (nSPS) is 29.6. The topological polar surface area (TPSA) is 27.7 Å². The van der Waals surface area contributed by atoms with Gasteiger partial charge in [0.1, 0.15) is 0 Å². The molecule has 3 heteroatoms. The monoisotopic (exact) mass is 216 g/mol. The van der Waals surface area contributed by atoms with Gasteiger partial charge in [-0.05, 0) is 27.2 Å². The van der Waals surface area contributed by atoms with Gasteiger partial charge in [-0.25, -0.2) is 0 Å². The third-order valence-electron chi connectivity index (χ3n) is 2.63. The van der Waals surface area contributed by atoms with Crippen LogP contribution in [0.15, 0.2) is 0 Å². The molecule has 1 aliphatic heterocycles. The van der Waals surface area contributed by atoms with Gasteiger partial charge in [-0.15, -0.1) is 0 Å². The van der Waals surface area contributed by atoms with Crippen LogP contribution >= 0.6 is 0 Å². The van der Waals surface area contributed by atoms with E-state index in [9.17, 15) is 0 Å². The summed E-state index contributed by atoms with van der Waals surface area (Å²) in [5, 5.41) is 0. The van der Waals surface area contributed by atoms with E-state index in [0.717, 1.165) is 26.1 Å². The second-order valence-corrected chi connectivity index (χ2v) is 4.96. The van der Waals surface area contributed by atoms with Gasteiger partial charge in [0, 0.05) is 19.6 Å². The van der Waals surface area contributed by atoms with Crippen LogP contribution in [0, 0.1) is 0 Å². The summed E-state index contributed by atoms with van der Waals surface area (Å²) < 4.78 is 16.9. The molecule has 0 aromatic rings. The zero-order valence-corrected chi connectivity index (χ0v) is 10.5. The van der Waals surface area contributed by atoms with E-state index < -0.39 is 5.79 Å². The van der Waals surface area contributed by atoms with Gasteiger partial charge in [0.05, 0.1) is 12.2 Å². The molecular weight excluding hydrogens is 192 g/mol. The Hall–Kier alpha value is -0.120. The summed E-state index contributed by atoms with van der Waals surface area (Å²) in [5.41, 5.74) is -0.171. The summed E-state index contributed by atoms with van der Waals surface area (Å²) in [4.78, 5) is 0. The summed E-state index contributed by atoms with van der Waals surface area (Å²) in [7, 11) is 0. The maximum Gasteiger partial charge on any atom is 0.163 e. The fourth-order valence-corrected chi connectivity index (χ4v) is 1.74. The molecule has 0 unspecified atom stereocenters. The van der Waals surface area contributed by atoms with Gasteiger partial charge in [-0.2, -0.15) is 0 Å². The van der Waals surface area contributed by atoms with Crippen LogP contribution in [0.25, 0.3) is 0 Å². The lowest BCUT2D eigenvalue weighted by Gasteiger charge is -2.24. The van der Waals surface area contributed by atoms with Crippen molar-refractivity contribution in [1.29, 1.82) is 0 Å². The summed E-state index contributed by atoms with van der Waals surface area (Å²) in [5.74, 6) is -0.432. The van der Waals surface area contributed by atoms with Crippen molar-refractivity contribution in [2.24, 2.45) is 0 Å². The van der Waals surface area contributed by atoms with E-state index in [0.29, 0.717) is 6.61 Å². The largest absolute Gasteiger partial charge is 0.381 e. The van der Waals surface area contributed by atoms with E-state index in [1.165, 1.54) is 6.42 Å². The van der Waals surface area contributed by atoms with Gasteiger partial charge in [0.2, 0.25) is 0 Å². The van der Waals surface area contributed by atoms with Crippen LogP contribution in [0.4, 0.5) is 0 Å². The predicted molar refractivity (Wildman–Crippen MR) is 59.9 cm³/mol. The third-order valence-corrected chi connectivity index (χ3v) is 2.63. The molecule has 1 aliphatic rings. The van der Waals surface area contributed by atoms with E-state index in [-0.39, 0.29) is 5.60 Å². The van der Waals surface area contributed by atoms with Crippen LogP contribution in [0.2, 0.25) is 0 Å². The van der Waals surface area contributed by atoms with Gasteiger partial charge in [0.15, 0.2) is 5.79 Å². The Kier molecular flexibility index (Phi) is 4.56. The molecule has 0 bridgehead atoms. The molecule has 0 amide bonds. The Morgan fingerprint density at radius 1 is 1.20 bits per heavy atom. The molecule has 3 nitrogen and oxygen atoms in total. The van der Waals surface area contributed by atoms with Crippen LogP contribution < -0.4 is 0 Å². The molecule has 15 heavy (non-hydrogen) atoms. The van der Waals surface area contributed by atoms with Crippen molar-refractivity contribution in [2.45, 2.75) is 58.3 Å². The van der Waals surface area contributed by atoms with Crippen molar-refractivity contribution >= 4 is 0 Å². The Morgan fingerprint density at radius 3 is 2.47 bits per heavy atom. The summed E-state index contributed by atoms with van der Waals surface area (Å²) >= 11 is 0. The molecule has 1 atom stereocenters. The molecule has 1 saturated heterocycles. The van der Waals surface area contributed by atoms with Crippen molar-refractivity contribution in [3.05, 3.63) is 0 Å². The highest BCUT2D eigenvalue weighted by Gasteiger charge is 2.41. The lowest BCUT2D eigenvalue weighted by Crippen LogP contribution is -2.32. The van der Waals surface area contributed by atoms with Gasteiger partial charge < -0.3 is 14.2 Å². The molecule has 1 rings (SSSR count). The Bertz CT molecular complexity index is 191. The molecule has 1 fully saturated rings. The molecule has 0 radical (unpaired) electrons. The van der Waals surface area contributed by atoms with Crippen molar-refractivity contribution in [3.63, 3.8) is 0 Å². The van der Waals surface area contributed by atoms with Crippen LogP contribution in [0.3, 0.4) is 0 Å². The van der Waals surface area contributed by atoms with Crippen LogP contribution in [0.5, 0.6) is 0 Å². The van der Waals surface area contributed by atoms with Crippen LogP contribution in [-0.2, 0) is 14.2 Å². The Morgan fingerprint density at radius 2 is 1.93 bits per heavy atom. The molecule has 0 aromatic heterocycles. The maximum absolute atomic E-state index is 5.84. The summed E-state index contributed by atoms with van der Waals surface area (Å²) in [6.45, 7) is 10.4. The molecule has 1 heterocycles. The fourth-order valence-electron chi connectivity index (χ4n) is 1.74. The molecule has 0 aliphatic carbocycles. The minimum Gasteiger partial charge on any atom is -0.381 e. The highest BCUT2D eigenvalue weighted by Crippen LogP contribution is 2.32. The maximum atomic E-state index is 5.84. The van der Waals surface area contributed by atoms with Gasteiger partial charge in [-0.1, -0.05) is 13.3 Å². The summed E-state index contributed by atoms with van der Waals surface area (Å²) in [6.07, 6.45) is 3.23. The molecular formula is C12H24O3.